The Bertz CT molecular complexity index is 1950. The molecule has 51 heavy (non-hydrogen) atoms. The molecule has 1 amide bonds. The third-order valence-electron chi connectivity index (χ3n) is 7.99. The maximum Gasteiger partial charge on any atom is 0.476 e. The van der Waals surface area contributed by atoms with Crippen LogP contribution in [0.4, 0.5) is 14.7 Å². The monoisotopic (exact) mass is 730 g/mol. The first-order valence-corrected chi connectivity index (χ1v) is 18.0. The molecule has 2 aromatic carbocycles. The maximum atomic E-state index is 13.4. The zero-order chi connectivity index (χ0) is 37.3. The summed E-state index contributed by atoms with van der Waals surface area (Å²) in [6, 6.07) is 11.6. The number of hydrogen-bond donors (Lipinski definition) is 0. The van der Waals surface area contributed by atoms with Crippen LogP contribution in [0.5, 0.6) is 5.75 Å². The normalized spacial score (nSPS) is 15.9. The van der Waals surface area contributed by atoms with E-state index in [4.69, 9.17) is 18.3 Å². The first-order chi connectivity index (χ1) is 23.8. The molecule has 0 bridgehead atoms. The van der Waals surface area contributed by atoms with E-state index in [1.54, 1.807) is 94.8 Å². The SMILES string of the molecule is C[C@@H]1CN(c2ncc(-c3ccc4c(=O)n(C)n(Cc5ccccc5OC(F)F)c4c3)cn2)CCN1C(=O)COP(=O)(OC(C)(C)C)OC(C)(C)C. The molecule has 1 fully saturated rings. The molecule has 13 nitrogen and oxygen atoms in total. The van der Waals surface area contributed by atoms with Gasteiger partial charge in [-0.15, -0.1) is 0 Å². The first-order valence-electron chi connectivity index (χ1n) is 16.6. The highest BCUT2D eigenvalue weighted by Crippen LogP contribution is 2.55. The molecule has 0 radical (unpaired) electrons. The van der Waals surface area contributed by atoms with Crippen molar-refractivity contribution in [1.29, 1.82) is 0 Å². The summed E-state index contributed by atoms with van der Waals surface area (Å²) in [5.74, 6) is 0.189. The number of nitrogens with zero attached hydrogens (tertiary/aromatic N) is 6. The van der Waals surface area contributed by atoms with Crippen LogP contribution < -0.4 is 15.2 Å². The average Bonchev–Trinajstić information content (AvgIpc) is 3.26. The van der Waals surface area contributed by atoms with Gasteiger partial charge in [-0.1, -0.05) is 24.3 Å². The highest BCUT2D eigenvalue weighted by atomic mass is 31.2. The van der Waals surface area contributed by atoms with Gasteiger partial charge in [0.25, 0.3) is 5.56 Å². The number of halogens is 2. The lowest BCUT2D eigenvalue weighted by Crippen LogP contribution is -2.55. The minimum atomic E-state index is -4.04. The predicted octanol–water partition coefficient (Wildman–Crippen LogP) is 6.24. The predicted molar refractivity (Wildman–Crippen MR) is 189 cm³/mol. The van der Waals surface area contributed by atoms with Crippen LogP contribution in [0, 0.1) is 0 Å². The number of phosphoric acid groups is 1. The molecule has 0 N–H and O–H groups in total. The molecule has 3 heterocycles. The number of carbonyl (C=O) groups excluding carboxylic acids is 1. The summed E-state index contributed by atoms with van der Waals surface area (Å²) in [4.78, 5) is 39.1. The van der Waals surface area contributed by atoms with Crippen molar-refractivity contribution < 1.29 is 36.4 Å². The highest BCUT2D eigenvalue weighted by molar-refractivity contribution is 7.48. The van der Waals surface area contributed by atoms with Gasteiger partial charge < -0.3 is 14.5 Å². The number of fused-ring (bicyclic) bond motifs is 1. The number of benzene rings is 2. The highest BCUT2D eigenvalue weighted by Gasteiger charge is 2.39. The van der Waals surface area contributed by atoms with E-state index >= 15 is 0 Å². The van der Waals surface area contributed by atoms with Crippen molar-refractivity contribution in [3.8, 4) is 16.9 Å². The lowest BCUT2D eigenvalue weighted by Gasteiger charge is -2.40. The molecule has 1 saturated heterocycles. The molecular weight excluding hydrogens is 685 g/mol. The van der Waals surface area contributed by atoms with Gasteiger partial charge in [0.1, 0.15) is 12.4 Å². The Kier molecular flexibility index (Phi) is 11.1. The number of ether oxygens (including phenoxy) is 1. The van der Waals surface area contributed by atoms with E-state index in [2.05, 4.69) is 9.97 Å². The van der Waals surface area contributed by atoms with Crippen LogP contribution in [0.3, 0.4) is 0 Å². The van der Waals surface area contributed by atoms with E-state index in [1.165, 1.54) is 10.7 Å². The molecule has 2 aromatic heterocycles. The molecular formula is C35H45F2N6O7P. The van der Waals surface area contributed by atoms with Gasteiger partial charge in [-0.3, -0.25) is 32.5 Å². The fourth-order valence-corrected chi connectivity index (χ4v) is 7.60. The second-order valence-electron chi connectivity index (χ2n) is 14.4. The topological polar surface area (TPSA) is 130 Å². The van der Waals surface area contributed by atoms with E-state index in [0.29, 0.717) is 47.6 Å². The first kappa shape index (κ1) is 38.1. The Morgan fingerprint density at radius 2 is 1.63 bits per heavy atom. The molecule has 0 aliphatic carbocycles. The third-order valence-corrected chi connectivity index (χ3v) is 9.98. The summed E-state index contributed by atoms with van der Waals surface area (Å²) in [6.45, 7) is 10.3. The van der Waals surface area contributed by atoms with Crippen molar-refractivity contribution in [3.63, 3.8) is 0 Å². The summed E-state index contributed by atoms with van der Waals surface area (Å²) < 4.78 is 64.1. The molecule has 276 valence electrons. The zero-order valence-corrected chi connectivity index (χ0v) is 31.0. The molecule has 16 heteroatoms. The van der Waals surface area contributed by atoms with Gasteiger partial charge in [-0.2, -0.15) is 8.78 Å². The number of phosphoric ester groups is 1. The summed E-state index contributed by atoms with van der Waals surface area (Å²) in [7, 11) is -2.42. The number of hydrogen-bond acceptors (Lipinski definition) is 10. The van der Waals surface area contributed by atoms with Gasteiger partial charge in [0.2, 0.25) is 11.9 Å². The van der Waals surface area contributed by atoms with Crippen LogP contribution in [0.1, 0.15) is 54.0 Å². The van der Waals surface area contributed by atoms with Gasteiger partial charge >= 0.3 is 14.4 Å². The maximum absolute atomic E-state index is 13.4. The Morgan fingerprint density at radius 3 is 2.24 bits per heavy atom. The Hall–Kier alpha value is -4.17. The van der Waals surface area contributed by atoms with Gasteiger partial charge in [-0.05, 0) is 72.2 Å². The number of aromatic nitrogens is 4. The van der Waals surface area contributed by atoms with Crippen LogP contribution in [0.2, 0.25) is 0 Å². The van der Waals surface area contributed by atoms with E-state index in [-0.39, 0.29) is 29.8 Å². The molecule has 5 rings (SSSR count). The van der Waals surface area contributed by atoms with Crippen molar-refractivity contribution >= 4 is 30.6 Å². The fourth-order valence-electron chi connectivity index (χ4n) is 5.85. The number of piperazine rings is 1. The van der Waals surface area contributed by atoms with Crippen LogP contribution in [-0.2, 0) is 36.5 Å². The number of alkyl halides is 2. The lowest BCUT2D eigenvalue weighted by molar-refractivity contribution is -0.137. The number of para-hydroxylation sites is 1. The Balaban J connectivity index is 1.27. The molecule has 1 aliphatic rings. The number of amides is 1. The third kappa shape index (κ3) is 9.39. The van der Waals surface area contributed by atoms with Crippen molar-refractivity contribution in [2.75, 3.05) is 31.1 Å². The van der Waals surface area contributed by atoms with Crippen LogP contribution in [0.25, 0.3) is 22.0 Å². The molecule has 0 unspecified atom stereocenters. The number of carbonyl (C=O) groups is 1. The second-order valence-corrected chi connectivity index (χ2v) is 15.9. The lowest BCUT2D eigenvalue weighted by atomic mass is 10.1. The minimum absolute atomic E-state index is 0.0389. The van der Waals surface area contributed by atoms with Crippen LogP contribution in [0.15, 0.2) is 59.7 Å². The smallest absolute Gasteiger partial charge is 0.434 e. The minimum Gasteiger partial charge on any atom is -0.434 e. The molecule has 1 aliphatic heterocycles. The zero-order valence-electron chi connectivity index (χ0n) is 30.1. The Labute approximate surface area is 295 Å². The van der Waals surface area contributed by atoms with Crippen molar-refractivity contribution in [2.24, 2.45) is 7.05 Å². The Morgan fingerprint density at radius 1 is 0.980 bits per heavy atom. The summed E-state index contributed by atoms with van der Waals surface area (Å²) >= 11 is 0. The van der Waals surface area contributed by atoms with Gasteiger partial charge in [0.15, 0.2) is 0 Å². The van der Waals surface area contributed by atoms with E-state index in [0.717, 1.165) is 5.56 Å². The molecule has 0 saturated carbocycles. The van der Waals surface area contributed by atoms with Crippen LogP contribution in [-0.4, -0.2) is 80.2 Å². The quantitative estimate of drug-likeness (QED) is 0.164. The molecule has 1 atom stereocenters. The number of rotatable bonds is 11. The van der Waals surface area contributed by atoms with Gasteiger partial charge in [0.05, 0.1) is 28.6 Å². The summed E-state index contributed by atoms with van der Waals surface area (Å²) in [5, 5.41) is 0.476. The second kappa shape index (κ2) is 14.8. The van der Waals surface area contributed by atoms with Gasteiger partial charge in [0, 0.05) is 56.2 Å². The van der Waals surface area contributed by atoms with Gasteiger partial charge in [-0.25, -0.2) is 14.5 Å². The van der Waals surface area contributed by atoms with E-state index < -0.39 is 32.2 Å². The van der Waals surface area contributed by atoms with Crippen molar-refractivity contribution in [3.05, 3.63) is 70.8 Å². The van der Waals surface area contributed by atoms with Crippen molar-refractivity contribution in [2.45, 2.75) is 78.9 Å². The average molecular weight is 731 g/mol. The summed E-state index contributed by atoms with van der Waals surface area (Å²) in [5.41, 5.74) is 0.715. The van der Waals surface area contributed by atoms with Crippen molar-refractivity contribution in [1.82, 2.24) is 24.2 Å². The van der Waals surface area contributed by atoms with E-state index in [9.17, 15) is 22.9 Å². The standard InChI is InChI=1S/C35H45F2N6O7P/c1-23-20-41(15-16-42(23)30(44)22-47-51(46,49-34(2,3)4)50-35(5,6)7)33-38-18-26(19-39-33)24-13-14-27-28(17-24)43(40(8)31(27)45)21-25-11-9-10-12-29(25)48-32(36)37/h9-14,17-19,23,32H,15-16,20-22H2,1-8H3/t23-/m1/s1. The van der Waals surface area contributed by atoms with Crippen LogP contribution >= 0.6 is 7.82 Å². The number of anilines is 1. The molecule has 0 spiro atoms. The summed E-state index contributed by atoms with van der Waals surface area (Å²) in [6.07, 6.45) is 3.39. The van der Waals surface area contributed by atoms with E-state index in [1.807, 2.05) is 24.0 Å². The largest absolute Gasteiger partial charge is 0.476 e. The molecule has 4 aromatic rings. The fraction of sp³-hybridized carbons (Fsp3) is 0.486.